The van der Waals surface area contributed by atoms with E-state index in [1.165, 1.54) is 6.07 Å². The molecule has 0 fully saturated rings. The van der Waals surface area contributed by atoms with Crippen molar-refractivity contribution in [1.29, 1.82) is 0 Å². The van der Waals surface area contributed by atoms with Crippen LogP contribution >= 0.6 is 0 Å². The molecule has 0 aliphatic rings. The molecular weight excluding hydrogens is 247 g/mol. The minimum Gasteiger partial charge on any atom is -0.365 e. The van der Waals surface area contributed by atoms with Gasteiger partial charge < -0.3 is 5.73 Å². The Morgan fingerprint density at radius 2 is 1.59 bits per heavy atom. The molecule has 0 saturated heterocycles. The van der Waals surface area contributed by atoms with Gasteiger partial charge in [-0.1, -0.05) is 39.3 Å². The summed E-state index contributed by atoms with van der Waals surface area (Å²) in [5.41, 5.74) is 3.20. The van der Waals surface area contributed by atoms with Gasteiger partial charge in [-0.25, -0.2) is 4.39 Å². The summed E-state index contributed by atoms with van der Waals surface area (Å²) in [6.45, 7) is 0. The second-order valence-electron chi connectivity index (χ2n) is 3.16. The highest BCUT2D eigenvalue weighted by atomic mass is 19.4. The topological polar surface area (TPSA) is 46.3 Å². The van der Waals surface area contributed by atoms with E-state index in [2.05, 4.69) is 5.73 Å². The summed E-state index contributed by atoms with van der Waals surface area (Å²) < 4.78 is 64.9. The van der Waals surface area contributed by atoms with Crippen LogP contribution in [-0.2, 0) is 10.7 Å². The molecule has 3 nitrogen and oxygen atoms in total. The molecule has 17 heavy (non-hydrogen) atoms. The number of hydrogen-bond donors (Lipinski definition) is 1. The zero-order valence-corrected chi connectivity index (χ0v) is 8.21. The normalized spacial score (nSPS) is 15.6. The summed E-state index contributed by atoms with van der Waals surface area (Å²) in [6, 6.07) is 4.92. The predicted molar refractivity (Wildman–Crippen MR) is 47.4 cm³/mol. The van der Waals surface area contributed by atoms with Crippen molar-refractivity contribution in [3.63, 3.8) is 0 Å². The molecule has 0 spiro atoms. The van der Waals surface area contributed by atoms with E-state index in [0.717, 1.165) is 12.1 Å². The Morgan fingerprint density at radius 1 is 1.12 bits per heavy atom. The van der Waals surface area contributed by atoms with Crippen molar-refractivity contribution < 1.29 is 26.9 Å². The zero-order chi connectivity index (χ0) is 13.3. The first-order valence-corrected chi connectivity index (χ1v) is 4.28. The number of primary amides is 1. The van der Waals surface area contributed by atoms with Gasteiger partial charge in [-0.05, 0) is 0 Å². The van der Waals surface area contributed by atoms with Crippen molar-refractivity contribution in [2.75, 3.05) is 0 Å². The van der Waals surface area contributed by atoms with Crippen molar-refractivity contribution >= 4 is 5.91 Å². The van der Waals surface area contributed by atoms with Gasteiger partial charge in [-0.3, -0.25) is 4.79 Å². The van der Waals surface area contributed by atoms with Crippen molar-refractivity contribution in [2.45, 2.75) is 11.7 Å². The van der Waals surface area contributed by atoms with Gasteiger partial charge in [0.2, 0.25) is 0 Å². The lowest BCUT2D eigenvalue weighted by atomic mass is 9.99. The Kier molecular flexibility index (Phi) is 3.37. The summed E-state index contributed by atoms with van der Waals surface area (Å²) in [6.07, 6.45) is 0. The van der Waals surface area contributed by atoms with Gasteiger partial charge in [0.25, 0.3) is 5.91 Å². The zero-order valence-electron chi connectivity index (χ0n) is 8.21. The monoisotopic (exact) mass is 254 g/mol. The van der Waals surface area contributed by atoms with Gasteiger partial charge >= 0.3 is 11.7 Å². The number of halogens is 5. The largest absolute Gasteiger partial charge is 0.365 e. The molecule has 1 aromatic rings. The van der Waals surface area contributed by atoms with Crippen LogP contribution in [0.5, 0.6) is 0 Å². The van der Waals surface area contributed by atoms with Gasteiger partial charge in [0, 0.05) is 5.56 Å². The van der Waals surface area contributed by atoms with Gasteiger partial charge in [-0.15, -0.1) is 0 Å². The number of amides is 1. The molecule has 0 bridgehead atoms. The summed E-state index contributed by atoms with van der Waals surface area (Å²) in [4.78, 5) is 10.5. The number of carbonyl (C=O) groups excluding carboxylic acids is 1. The maximum atomic E-state index is 13.5. The molecule has 0 heterocycles. The maximum absolute atomic E-state index is 13.5. The molecule has 0 saturated carbocycles. The fourth-order valence-corrected chi connectivity index (χ4v) is 1.18. The molecule has 0 radical (unpaired) electrons. The Balaban J connectivity index is 3.33. The molecule has 0 aliphatic carbocycles. The van der Waals surface area contributed by atoms with Crippen LogP contribution in [-0.4, -0.2) is 17.0 Å². The molecule has 1 aromatic carbocycles. The first-order valence-electron chi connectivity index (χ1n) is 4.28. The van der Waals surface area contributed by atoms with Crippen molar-refractivity contribution in [2.24, 2.45) is 5.73 Å². The van der Waals surface area contributed by atoms with Crippen LogP contribution < -0.4 is 5.73 Å². The standard InChI is InChI=1S/C9H7F5N2O/c10-8(11,6-4-2-1-3-5-6)9(12,7(15)17)16(13)14/h1-5H,(H2,15,17)/t9-/m1/s1. The fraction of sp³-hybridized carbons (Fsp3) is 0.222. The first kappa shape index (κ1) is 13.4. The third kappa shape index (κ3) is 1.95. The Bertz CT molecular complexity index is 411. The van der Waals surface area contributed by atoms with Crippen LogP contribution in [0.2, 0.25) is 0 Å². The quantitative estimate of drug-likeness (QED) is 0.507. The summed E-state index contributed by atoms with van der Waals surface area (Å²) in [5, 5.41) is -2.53. The highest BCUT2D eigenvalue weighted by Gasteiger charge is 2.67. The number of nitrogens with zero attached hydrogens (tertiary/aromatic N) is 1. The number of alkyl halides is 3. The van der Waals surface area contributed by atoms with Crippen LogP contribution in [0.3, 0.4) is 0 Å². The molecule has 8 heteroatoms. The number of hydrogen-bond acceptors (Lipinski definition) is 2. The van der Waals surface area contributed by atoms with Gasteiger partial charge in [0.1, 0.15) is 0 Å². The molecule has 1 rings (SSSR count). The lowest BCUT2D eigenvalue weighted by Crippen LogP contribution is -2.58. The third-order valence-corrected chi connectivity index (χ3v) is 2.11. The molecule has 0 aromatic heterocycles. The minimum atomic E-state index is -4.89. The molecule has 1 atom stereocenters. The van der Waals surface area contributed by atoms with E-state index in [9.17, 15) is 26.9 Å². The molecule has 94 valence electrons. The van der Waals surface area contributed by atoms with Crippen LogP contribution in [0, 0.1) is 0 Å². The molecule has 0 aliphatic heterocycles. The highest BCUT2D eigenvalue weighted by molar-refractivity contribution is 5.84. The number of benzene rings is 1. The lowest BCUT2D eigenvalue weighted by Gasteiger charge is -2.30. The van der Waals surface area contributed by atoms with Gasteiger partial charge in [-0.2, -0.15) is 8.78 Å². The number of rotatable bonds is 4. The summed E-state index contributed by atoms with van der Waals surface area (Å²) >= 11 is 0. The van der Waals surface area contributed by atoms with Crippen LogP contribution in [0.1, 0.15) is 5.56 Å². The Labute approximate surface area is 92.5 Å². The van der Waals surface area contributed by atoms with E-state index < -0.39 is 28.5 Å². The third-order valence-electron chi connectivity index (χ3n) is 2.11. The van der Waals surface area contributed by atoms with E-state index >= 15 is 0 Å². The van der Waals surface area contributed by atoms with E-state index in [-0.39, 0.29) is 0 Å². The van der Waals surface area contributed by atoms with Crippen LogP contribution in [0.4, 0.5) is 22.1 Å². The molecule has 1 amide bonds. The Morgan fingerprint density at radius 3 is 1.94 bits per heavy atom. The fourth-order valence-electron chi connectivity index (χ4n) is 1.18. The highest BCUT2D eigenvalue weighted by Crippen LogP contribution is 2.44. The smallest absolute Gasteiger partial charge is 0.364 e. The molecule has 0 unspecified atom stereocenters. The maximum Gasteiger partial charge on any atom is 0.364 e. The predicted octanol–water partition coefficient (Wildman–Crippen LogP) is 2.00. The Hall–Kier alpha value is -1.70. The number of carbonyl (C=O) groups is 1. The summed E-state index contributed by atoms with van der Waals surface area (Å²) in [5.74, 6) is -12.1. The SMILES string of the molecule is NC(=O)[C@@](F)(N(F)F)C(F)(F)c1ccccc1. The average Bonchev–Trinajstić information content (AvgIpc) is 2.28. The molecule has 2 N–H and O–H groups in total. The van der Waals surface area contributed by atoms with E-state index in [0.29, 0.717) is 12.1 Å². The lowest BCUT2D eigenvalue weighted by molar-refractivity contribution is -0.333. The minimum absolute atomic E-state index is 0.709. The van der Waals surface area contributed by atoms with Gasteiger partial charge in [0.15, 0.2) is 0 Å². The van der Waals surface area contributed by atoms with Crippen LogP contribution in [0.15, 0.2) is 30.3 Å². The average molecular weight is 254 g/mol. The van der Waals surface area contributed by atoms with E-state index in [1.54, 1.807) is 0 Å². The van der Waals surface area contributed by atoms with Crippen LogP contribution in [0.25, 0.3) is 0 Å². The van der Waals surface area contributed by atoms with Crippen molar-refractivity contribution in [3.05, 3.63) is 35.9 Å². The van der Waals surface area contributed by atoms with Crippen molar-refractivity contribution in [3.8, 4) is 0 Å². The van der Waals surface area contributed by atoms with E-state index in [4.69, 9.17) is 0 Å². The van der Waals surface area contributed by atoms with Gasteiger partial charge in [0.05, 0.1) is 5.34 Å². The van der Waals surface area contributed by atoms with E-state index in [1.807, 2.05) is 0 Å². The first-order chi connectivity index (χ1) is 7.74. The second kappa shape index (κ2) is 4.28. The second-order valence-corrected chi connectivity index (χ2v) is 3.16. The number of nitrogens with two attached hydrogens (primary N) is 1. The molecular formula is C9H7F5N2O. The summed E-state index contributed by atoms with van der Waals surface area (Å²) in [7, 11) is 0. The van der Waals surface area contributed by atoms with Crippen molar-refractivity contribution in [1.82, 2.24) is 5.34 Å².